The maximum atomic E-state index is 12.3. The van der Waals surface area contributed by atoms with Crippen molar-refractivity contribution in [3.8, 4) is 0 Å². The molecular weight excluding hydrogens is 214 g/mol. The Morgan fingerprint density at radius 2 is 1.94 bits per heavy atom. The van der Waals surface area contributed by atoms with Gasteiger partial charge >= 0.3 is 5.97 Å². The summed E-state index contributed by atoms with van der Waals surface area (Å²) in [5, 5.41) is 3.35. The summed E-state index contributed by atoms with van der Waals surface area (Å²) >= 11 is 0. The monoisotopic (exact) mass is 239 g/mol. The summed E-state index contributed by atoms with van der Waals surface area (Å²) in [6.45, 7) is 3.03. The molecule has 98 valence electrons. The molecule has 2 aliphatic rings. The zero-order chi connectivity index (χ0) is 12.1. The highest BCUT2D eigenvalue weighted by Gasteiger charge is 2.41. The van der Waals surface area contributed by atoms with Crippen molar-refractivity contribution in [2.45, 2.75) is 76.4 Å². The summed E-state index contributed by atoms with van der Waals surface area (Å²) in [6.07, 6.45) is 10.2. The lowest BCUT2D eigenvalue weighted by Crippen LogP contribution is -2.49. The average molecular weight is 239 g/mol. The van der Waals surface area contributed by atoms with Gasteiger partial charge in [0.25, 0.3) is 0 Å². The van der Waals surface area contributed by atoms with E-state index in [4.69, 9.17) is 4.74 Å². The minimum Gasteiger partial charge on any atom is -0.461 e. The highest BCUT2D eigenvalue weighted by molar-refractivity contribution is 5.81. The molecule has 17 heavy (non-hydrogen) atoms. The van der Waals surface area contributed by atoms with E-state index in [9.17, 15) is 4.79 Å². The molecule has 2 rings (SSSR count). The Hall–Kier alpha value is -0.570. The van der Waals surface area contributed by atoms with Gasteiger partial charge in [-0.05, 0) is 51.5 Å². The summed E-state index contributed by atoms with van der Waals surface area (Å²) in [4.78, 5) is 12.3. The lowest BCUT2D eigenvalue weighted by molar-refractivity contribution is -0.157. The third kappa shape index (κ3) is 3.01. The van der Waals surface area contributed by atoms with E-state index < -0.39 is 0 Å². The van der Waals surface area contributed by atoms with Crippen LogP contribution in [0.25, 0.3) is 0 Å². The average Bonchev–Trinajstić information content (AvgIpc) is 2.70. The van der Waals surface area contributed by atoms with Crippen molar-refractivity contribution in [1.29, 1.82) is 0 Å². The molecule has 3 nitrogen and oxygen atoms in total. The number of rotatable bonds is 3. The first-order valence-electron chi connectivity index (χ1n) is 7.23. The van der Waals surface area contributed by atoms with Crippen molar-refractivity contribution in [1.82, 2.24) is 5.32 Å². The van der Waals surface area contributed by atoms with Crippen LogP contribution in [0.3, 0.4) is 0 Å². The van der Waals surface area contributed by atoms with Crippen molar-refractivity contribution < 1.29 is 9.53 Å². The molecule has 1 atom stereocenters. The first-order chi connectivity index (χ1) is 8.27. The van der Waals surface area contributed by atoms with Gasteiger partial charge in [0.1, 0.15) is 11.6 Å². The Morgan fingerprint density at radius 3 is 2.47 bits per heavy atom. The van der Waals surface area contributed by atoms with Gasteiger partial charge in [-0.2, -0.15) is 0 Å². The van der Waals surface area contributed by atoms with Gasteiger partial charge in [-0.1, -0.05) is 19.8 Å². The summed E-state index contributed by atoms with van der Waals surface area (Å²) in [7, 11) is 0. The van der Waals surface area contributed by atoms with Crippen LogP contribution in [0.15, 0.2) is 0 Å². The zero-order valence-electron chi connectivity index (χ0n) is 11.0. The van der Waals surface area contributed by atoms with E-state index in [1.807, 2.05) is 0 Å². The third-order valence-corrected chi connectivity index (χ3v) is 4.31. The minimum absolute atomic E-state index is 0.00407. The van der Waals surface area contributed by atoms with E-state index in [0.29, 0.717) is 0 Å². The second kappa shape index (κ2) is 5.85. The Balaban J connectivity index is 1.90. The molecule has 1 saturated heterocycles. The fourth-order valence-electron chi connectivity index (χ4n) is 3.05. The maximum Gasteiger partial charge on any atom is 0.326 e. The Labute approximate surface area is 104 Å². The van der Waals surface area contributed by atoms with Crippen LogP contribution in [0.5, 0.6) is 0 Å². The van der Waals surface area contributed by atoms with Crippen molar-refractivity contribution in [2.24, 2.45) is 0 Å². The van der Waals surface area contributed by atoms with Gasteiger partial charge in [0.05, 0.1) is 0 Å². The normalized spacial score (nSPS) is 31.1. The molecule has 0 amide bonds. The van der Waals surface area contributed by atoms with Crippen molar-refractivity contribution in [3.05, 3.63) is 0 Å². The van der Waals surface area contributed by atoms with E-state index in [0.717, 1.165) is 38.6 Å². The SMILES string of the molecule is CCC1(C(=O)OC2CCCCCC2)CCCN1. The van der Waals surface area contributed by atoms with E-state index >= 15 is 0 Å². The van der Waals surface area contributed by atoms with Crippen LogP contribution in [-0.4, -0.2) is 24.2 Å². The molecule has 0 aromatic carbocycles. The molecule has 0 radical (unpaired) electrons. The van der Waals surface area contributed by atoms with Gasteiger partial charge in [0.2, 0.25) is 0 Å². The highest BCUT2D eigenvalue weighted by atomic mass is 16.5. The largest absolute Gasteiger partial charge is 0.461 e. The lowest BCUT2D eigenvalue weighted by atomic mass is 9.94. The quantitative estimate of drug-likeness (QED) is 0.608. The number of nitrogens with one attached hydrogen (secondary N) is 1. The number of ether oxygens (including phenoxy) is 1. The second-order valence-corrected chi connectivity index (χ2v) is 5.48. The van der Waals surface area contributed by atoms with Gasteiger partial charge in [0.15, 0.2) is 0 Å². The third-order valence-electron chi connectivity index (χ3n) is 4.31. The minimum atomic E-state index is -0.369. The molecule has 0 bridgehead atoms. The van der Waals surface area contributed by atoms with Gasteiger partial charge in [-0.25, -0.2) is 0 Å². The zero-order valence-corrected chi connectivity index (χ0v) is 11.0. The summed E-state index contributed by atoms with van der Waals surface area (Å²) in [5.41, 5.74) is -0.369. The van der Waals surface area contributed by atoms with Crippen molar-refractivity contribution in [2.75, 3.05) is 6.54 Å². The van der Waals surface area contributed by atoms with E-state index in [1.165, 1.54) is 25.7 Å². The Morgan fingerprint density at radius 1 is 1.24 bits per heavy atom. The summed E-state index contributed by atoms with van der Waals surface area (Å²) in [6, 6.07) is 0. The molecule has 1 aliphatic heterocycles. The van der Waals surface area contributed by atoms with Crippen LogP contribution in [0, 0.1) is 0 Å². The highest BCUT2D eigenvalue weighted by Crippen LogP contribution is 2.27. The molecule has 1 saturated carbocycles. The smallest absolute Gasteiger partial charge is 0.326 e. The number of hydrogen-bond acceptors (Lipinski definition) is 3. The van der Waals surface area contributed by atoms with Crippen LogP contribution >= 0.6 is 0 Å². The van der Waals surface area contributed by atoms with Crippen LogP contribution in [0.1, 0.15) is 64.7 Å². The van der Waals surface area contributed by atoms with Crippen LogP contribution in [-0.2, 0) is 9.53 Å². The number of esters is 1. The molecule has 1 unspecified atom stereocenters. The molecule has 2 fully saturated rings. The van der Waals surface area contributed by atoms with Crippen molar-refractivity contribution in [3.63, 3.8) is 0 Å². The number of hydrogen-bond donors (Lipinski definition) is 1. The molecule has 1 heterocycles. The molecule has 0 aromatic heterocycles. The molecule has 1 aliphatic carbocycles. The topological polar surface area (TPSA) is 38.3 Å². The van der Waals surface area contributed by atoms with Gasteiger partial charge < -0.3 is 10.1 Å². The van der Waals surface area contributed by atoms with E-state index in [1.54, 1.807) is 0 Å². The van der Waals surface area contributed by atoms with Crippen LogP contribution < -0.4 is 5.32 Å². The van der Waals surface area contributed by atoms with Crippen LogP contribution in [0.4, 0.5) is 0 Å². The second-order valence-electron chi connectivity index (χ2n) is 5.48. The lowest BCUT2D eigenvalue weighted by Gasteiger charge is -2.28. The molecule has 0 spiro atoms. The predicted octanol–water partition coefficient (Wildman–Crippen LogP) is 2.78. The number of carbonyl (C=O) groups is 1. The fourth-order valence-corrected chi connectivity index (χ4v) is 3.05. The van der Waals surface area contributed by atoms with E-state index in [2.05, 4.69) is 12.2 Å². The Kier molecular flexibility index (Phi) is 4.43. The molecule has 1 N–H and O–H groups in total. The van der Waals surface area contributed by atoms with Gasteiger partial charge in [0, 0.05) is 0 Å². The molecule has 0 aromatic rings. The van der Waals surface area contributed by atoms with Gasteiger partial charge in [-0.3, -0.25) is 4.79 Å². The van der Waals surface area contributed by atoms with Gasteiger partial charge in [-0.15, -0.1) is 0 Å². The summed E-state index contributed by atoms with van der Waals surface area (Å²) in [5.74, 6) is 0.00407. The predicted molar refractivity (Wildman–Crippen MR) is 67.8 cm³/mol. The molecule has 3 heteroatoms. The summed E-state index contributed by atoms with van der Waals surface area (Å²) < 4.78 is 5.75. The molecular formula is C14H25NO2. The maximum absolute atomic E-state index is 12.3. The fraction of sp³-hybridized carbons (Fsp3) is 0.929. The number of carbonyl (C=O) groups excluding carboxylic acids is 1. The first-order valence-corrected chi connectivity index (χ1v) is 7.23. The van der Waals surface area contributed by atoms with Crippen LogP contribution in [0.2, 0.25) is 0 Å². The van der Waals surface area contributed by atoms with E-state index in [-0.39, 0.29) is 17.6 Å². The standard InChI is InChI=1S/C14H25NO2/c1-2-14(10-7-11-15-14)13(16)17-12-8-5-3-4-6-9-12/h12,15H,2-11H2,1H3. The Bertz CT molecular complexity index is 251. The van der Waals surface area contributed by atoms with Crippen molar-refractivity contribution >= 4 is 5.97 Å². The first kappa shape index (κ1) is 12.9.